The Balaban J connectivity index is 2.05. The van der Waals surface area contributed by atoms with Crippen LogP contribution in [0.2, 0.25) is 5.02 Å². The topological polar surface area (TPSA) is 42.0 Å². The van der Waals surface area contributed by atoms with Crippen LogP contribution in [0.5, 0.6) is 0 Å². The van der Waals surface area contributed by atoms with E-state index in [1.165, 1.54) is 12.1 Å². The summed E-state index contributed by atoms with van der Waals surface area (Å²) in [6, 6.07) is 4.60. The number of amides is 1. The first-order chi connectivity index (χ1) is 11.1. The minimum Gasteiger partial charge on any atom is -0.349 e. The molecule has 1 amide bonds. The van der Waals surface area contributed by atoms with Gasteiger partial charge in [-0.25, -0.2) is 4.39 Å². The number of fused-ring (bicyclic) bond motifs is 1. The van der Waals surface area contributed by atoms with E-state index in [2.05, 4.69) is 10.3 Å². The van der Waals surface area contributed by atoms with E-state index in [4.69, 9.17) is 11.6 Å². The highest BCUT2D eigenvalue weighted by atomic mass is 35.5. The molecule has 23 heavy (non-hydrogen) atoms. The highest BCUT2D eigenvalue weighted by Gasteiger charge is 2.21. The number of halogens is 2. The molecule has 0 fully saturated rings. The van der Waals surface area contributed by atoms with Gasteiger partial charge in [-0.1, -0.05) is 36.7 Å². The molecule has 0 saturated carbocycles. The van der Waals surface area contributed by atoms with Crippen molar-refractivity contribution in [2.24, 2.45) is 0 Å². The summed E-state index contributed by atoms with van der Waals surface area (Å²) in [5, 5.41) is 3.09. The van der Waals surface area contributed by atoms with Gasteiger partial charge in [0.15, 0.2) is 0 Å². The maximum Gasteiger partial charge on any atom is 0.220 e. The van der Waals surface area contributed by atoms with Crippen LogP contribution in [0.3, 0.4) is 0 Å². The molecule has 0 radical (unpaired) electrons. The van der Waals surface area contributed by atoms with Gasteiger partial charge in [0.1, 0.15) is 5.82 Å². The summed E-state index contributed by atoms with van der Waals surface area (Å²) in [6.45, 7) is 1.82. The van der Waals surface area contributed by atoms with Crippen LogP contribution in [-0.4, -0.2) is 10.9 Å². The lowest BCUT2D eigenvalue weighted by molar-refractivity contribution is -0.121. The fourth-order valence-corrected chi connectivity index (χ4v) is 2.84. The summed E-state index contributed by atoms with van der Waals surface area (Å²) in [5.41, 5.74) is 3.43. The second kappa shape index (κ2) is 6.50. The number of carbonyl (C=O) groups is 1. The average molecular weight is 331 g/mol. The second-order valence-corrected chi connectivity index (χ2v) is 5.84. The van der Waals surface area contributed by atoms with E-state index in [-0.39, 0.29) is 17.0 Å². The molecule has 0 saturated heterocycles. The number of hydrogen-bond acceptors (Lipinski definition) is 2. The monoisotopic (exact) mass is 330 g/mol. The first kappa shape index (κ1) is 15.7. The molecule has 1 aromatic heterocycles. The lowest BCUT2D eigenvalue weighted by Crippen LogP contribution is -2.29. The van der Waals surface area contributed by atoms with Gasteiger partial charge in [-0.3, -0.25) is 9.78 Å². The Labute approximate surface area is 139 Å². The average Bonchev–Trinajstić information content (AvgIpc) is 2.57. The standard InChI is InChI=1S/C18H16ClFN2O/c1-2-18(23)22-17-5-3-4-12-13(9-21-10-14(12)17)11-6-7-15(19)16(20)8-11/h3-4,6-10,17H,2,5H2,1H3,(H,22,23)/t17-/m1/s1. The zero-order valence-electron chi connectivity index (χ0n) is 12.6. The van der Waals surface area contributed by atoms with Crippen LogP contribution >= 0.6 is 11.6 Å². The number of nitrogens with one attached hydrogen (secondary N) is 1. The van der Waals surface area contributed by atoms with Crippen molar-refractivity contribution in [2.75, 3.05) is 0 Å². The summed E-state index contributed by atoms with van der Waals surface area (Å²) in [4.78, 5) is 16.0. The molecular formula is C18H16ClFN2O. The Bertz CT molecular complexity index is 789. The molecule has 1 aliphatic rings. The number of rotatable bonds is 3. The molecule has 1 aliphatic carbocycles. The van der Waals surface area contributed by atoms with Gasteiger partial charge in [0.25, 0.3) is 0 Å². The molecule has 2 aromatic rings. The maximum absolute atomic E-state index is 13.8. The zero-order chi connectivity index (χ0) is 16.4. The van der Waals surface area contributed by atoms with Gasteiger partial charge in [-0.15, -0.1) is 0 Å². The maximum atomic E-state index is 13.8. The van der Waals surface area contributed by atoms with E-state index >= 15 is 0 Å². The fraction of sp³-hybridized carbons (Fsp3) is 0.222. The highest BCUT2D eigenvalue weighted by Crippen LogP contribution is 2.35. The van der Waals surface area contributed by atoms with Crippen LogP contribution < -0.4 is 5.32 Å². The van der Waals surface area contributed by atoms with E-state index in [9.17, 15) is 9.18 Å². The Morgan fingerprint density at radius 2 is 2.26 bits per heavy atom. The molecule has 1 atom stereocenters. The Hall–Kier alpha value is -2.20. The number of benzene rings is 1. The number of hydrogen-bond donors (Lipinski definition) is 1. The van der Waals surface area contributed by atoms with E-state index in [1.807, 2.05) is 19.1 Å². The van der Waals surface area contributed by atoms with E-state index in [1.54, 1.807) is 18.5 Å². The smallest absolute Gasteiger partial charge is 0.220 e. The Morgan fingerprint density at radius 1 is 1.43 bits per heavy atom. The van der Waals surface area contributed by atoms with Crippen molar-refractivity contribution < 1.29 is 9.18 Å². The first-order valence-electron chi connectivity index (χ1n) is 7.49. The summed E-state index contributed by atoms with van der Waals surface area (Å²) in [6.07, 6.45) is 8.63. The van der Waals surface area contributed by atoms with Crippen LogP contribution in [0.15, 0.2) is 36.7 Å². The quantitative estimate of drug-likeness (QED) is 0.898. The van der Waals surface area contributed by atoms with Crippen molar-refractivity contribution in [3.63, 3.8) is 0 Å². The Kier molecular flexibility index (Phi) is 4.44. The number of aromatic nitrogens is 1. The van der Waals surface area contributed by atoms with Gasteiger partial charge >= 0.3 is 0 Å². The van der Waals surface area contributed by atoms with Crippen molar-refractivity contribution in [3.05, 3.63) is 58.6 Å². The van der Waals surface area contributed by atoms with Crippen molar-refractivity contribution in [2.45, 2.75) is 25.8 Å². The Morgan fingerprint density at radius 3 is 3.00 bits per heavy atom. The predicted octanol–water partition coefficient (Wildman–Crippen LogP) is 4.53. The van der Waals surface area contributed by atoms with Gasteiger partial charge in [0.2, 0.25) is 5.91 Å². The van der Waals surface area contributed by atoms with Crippen LogP contribution in [0.4, 0.5) is 4.39 Å². The largest absolute Gasteiger partial charge is 0.349 e. The highest BCUT2D eigenvalue weighted by molar-refractivity contribution is 6.30. The third-order valence-electron chi connectivity index (χ3n) is 3.94. The van der Waals surface area contributed by atoms with Gasteiger partial charge in [-0.2, -0.15) is 0 Å². The fourth-order valence-electron chi connectivity index (χ4n) is 2.73. The molecule has 0 unspecified atom stereocenters. The molecule has 0 aliphatic heterocycles. The molecule has 0 spiro atoms. The summed E-state index contributed by atoms with van der Waals surface area (Å²) in [7, 11) is 0. The number of carbonyl (C=O) groups excluding carboxylic acids is 1. The van der Waals surface area contributed by atoms with Gasteiger partial charge in [0, 0.05) is 29.9 Å². The molecule has 1 N–H and O–H groups in total. The molecule has 118 valence electrons. The third kappa shape index (κ3) is 3.13. The predicted molar refractivity (Wildman–Crippen MR) is 89.5 cm³/mol. The number of nitrogens with zero attached hydrogens (tertiary/aromatic N) is 1. The SMILES string of the molecule is CCC(=O)N[C@@H]1CC=Cc2c(-c3ccc(Cl)c(F)c3)cncc21. The lowest BCUT2D eigenvalue weighted by atomic mass is 9.89. The van der Waals surface area contributed by atoms with Crippen LogP contribution in [0, 0.1) is 5.82 Å². The third-order valence-corrected chi connectivity index (χ3v) is 4.24. The molecule has 3 nitrogen and oxygen atoms in total. The zero-order valence-corrected chi connectivity index (χ0v) is 13.4. The molecule has 1 heterocycles. The molecule has 3 rings (SSSR count). The van der Waals surface area contributed by atoms with Crippen molar-refractivity contribution in [1.82, 2.24) is 10.3 Å². The first-order valence-corrected chi connectivity index (χ1v) is 7.87. The van der Waals surface area contributed by atoms with Crippen molar-refractivity contribution in [1.29, 1.82) is 0 Å². The normalized spacial score (nSPS) is 16.0. The van der Waals surface area contributed by atoms with Crippen LogP contribution in [-0.2, 0) is 4.79 Å². The summed E-state index contributed by atoms with van der Waals surface area (Å²) >= 11 is 5.76. The van der Waals surface area contributed by atoms with E-state index < -0.39 is 5.82 Å². The van der Waals surface area contributed by atoms with Crippen LogP contribution in [0.1, 0.15) is 36.9 Å². The van der Waals surface area contributed by atoms with Gasteiger partial charge in [0.05, 0.1) is 11.1 Å². The molecular weight excluding hydrogens is 315 g/mol. The van der Waals surface area contributed by atoms with E-state index in [0.29, 0.717) is 12.0 Å². The number of pyridine rings is 1. The van der Waals surface area contributed by atoms with Gasteiger partial charge in [-0.05, 0) is 29.7 Å². The van der Waals surface area contributed by atoms with E-state index in [0.717, 1.165) is 23.1 Å². The lowest BCUT2D eigenvalue weighted by Gasteiger charge is -2.24. The second-order valence-electron chi connectivity index (χ2n) is 5.43. The molecule has 0 bridgehead atoms. The summed E-state index contributed by atoms with van der Waals surface area (Å²) in [5.74, 6) is -0.461. The van der Waals surface area contributed by atoms with Crippen molar-refractivity contribution >= 4 is 23.6 Å². The van der Waals surface area contributed by atoms with Crippen molar-refractivity contribution in [3.8, 4) is 11.1 Å². The minimum absolute atomic E-state index is 0.000750. The molecule has 5 heteroatoms. The minimum atomic E-state index is -0.461. The summed E-state index contributed by atoms with van der Waals surface area (Å²) < 4.78 is 13.8. The molecule has 1 aromatic carbocycles. The van der Waals surface area contributed by atoms with Gasteiger partial charge < -0.3 is 5.32 Å². The van der Waals surface area contributed by atoms with Crippen LogP contribution in [0.25, 0.3) is 17.2 Å².